The zero-order valence-electron chi connectivity index (χ0n) is 17.0. The van der Waals surface area contributed by atoms with Crippen LogP contribution in [0.15, 0.2) is 11.4 Å². The van der Waals surface area contributed by atoms with Gasteiger partial charge in [0.25, 0.3) is 0 Å². The number of nitrogens with zero attached hydrogens (tertiary/aromatic N) is 4. The molecule has 0 aromatic carbocycles. The van der Waals surface area contributed by atoms with Crippen LogP contribution in [0, 0.1) is 0 Å². The third-order valence-electron chi connectivity index (χ3n) is 5.79. The number of ether oxygens (including phenoxy) is 1. The van der Waals surface area contributed by atoms with Crippen LogP contribution < -0.4 is 10.5 Å². The van der Waals surface area contributed by atoms with Gasteiger partial charge in [0.15, 0.2) is 11.9 Å². The van der Waals surface area contributed by atoms with Gasteiger partial charge in [-0.1, -0.05) is 19.3 Å². The van der Waals surface area contributed by atoms with Crippen LogP contribution in [-0.2, 0) is 15.0 Å². The second kappa shape index (κ2) is 8.98. The fraction of sp³-hybridized carbons (Fsp3) is 0.706. The normalized spacial score (nSPS) is 28.4. The first-order valence-electron chi connectivity index (χ1n) is 10.2. The molecule has 1 saturated heterocycles. The molecule has 2 aromatic rings. The lowest BCUT2D eigenvalue weighted by molar-refractivity contribution is -0.0408. The molecule has 0 spiro atoms. The van der Waals surface area contributed by atoms with Gasteiger partial charge in [-0.15, -0.1) is 11.8 Å². The van der Waals surface area contributed by atoms with Crippen LogP contribution in [0.25, 0.3) is 11.0 Å². The Morgan fingerprint density at radius 3 is 2.66 bits per heavy atom. The minimum absolute atomic E-state index is 0.164. The Balaban J connectivity index is 1.61. The topological polar surface area (TPSA) is 206 Å². The standard InChI is InChI=1S/C17H26N6O7S2/c18-13-10-14(20-8-19-13)23(22-15(10)31-7-17(26)4-2-1-3-5-17)16-12(25)11(24)9(30-16)6-21-32(27,28)29/h8-9,11-12,16,21,24-26H,1-7H2,(H2,18,19,20)(H,27,28,29)/t9-,11-,12-,16-/m1/s1. The lowest BCUT2D eigenvalue weighted by atomic mass is 9.86. The molecule has 2 fully saturated rings. The van der Waals surface area contributed by atoms with E-state index in [0.717, 1.165) is 19.3 Å². The number of thioether (sulfide) groups is 1. The highest BCUT2D eigenvalue weighted by Gasteiger charge is 2.45. The third-order valence-corrected chi connectivity index (χ3v) is 7.57. The smallest absolute Gasteiger partial charge is 0.333 e. The third kappa shape index (κ3) is 4.84. The summed E-state index contributed by atoms with van der Waals surface area (Å²) in [6.45, 7) is -0.460. The van der Waals surface area contributed by atoms with Crippen molar-refractivity contribution in [1.29, 1.82) is 0 Å². The molecule has 0 amide bonds. The summed E-state index contributed by atoms with van der Waals surface area (Å²) in [5.41, 5.74) is 5.51. The van der Waals surface area contributed by atoms with Crippen LogP contribution in [-0.4, -0.2) is 84.2 Å². The summed E-state index contributed by atoms with van der Waals surface area (Å²) in [7, 11) is -4.50. The second-order valence-corrected chi connectivity index (χ2v) is 10.4. The molecule has 0 radical (unpaired) electrons. The number of aliphatic hydroxyl groups excluding tert-OH is 2. The van der Waals surface area contributed by atoms with Crippen LogP contribution in [0.1, 0.15) is 38.3 Å². The zero-order chi connectivity index (χ0) is 23.1. The number of rotatable bonds is 7. The predicted molar refractivity (Wildman–Crippen MR) is 114 cm³/mol. The number of anilines is 1. The van der Waals surface area contributed by atoms with Gasteiger partial charge in [-0.05, 0) is 12.8 Å². The van der Waals surface area contributed by atoms with E-state index in [1.54, 1.807) is 0 Å². The molecule has 32 heavy (non-hydrogen) atoms. The molecule has 0 bridgehead atoms. The lowest BCUT2D eigenvalue weighted by Gasteiger charge is -2.31. The molecule has 1 aliphatic carbocycles. The Labute approximate surface area is 188 Å². The monoisotopic (exact) mass is 490 g/mol. The molecule has 0 unspecified atom stereocenters. The zero-order valence-corrected chi connectivity index (χ0v) is 18.7. The Morgan fingerprint density at radius 2 is 1.97 bits per heavy atom. The Morgan fingerprint density at radius 1 is 1.25 bits per heavy atom. The number of fused-ring (bicyclic) bond motifs is 1. The van der Waals surface area contributed by atoms with E-state index in [4.69, 9.17) is 15.0 Å². The first-order valence-corrected chi connectivity index (χ1v) is 12.6. The van der Waals surface area contributed by atoms with Crippen molar-refractivity contribution in [3.8, 4) is 0 Å². The fourth-order valence-electron chi connectivity index (χ4n) is 4.09. The molecule has 178 valence electrons. The lowest BCUT2D eigenvalue weighted by Crippen LogP contribution is -2.39. The molecule has 4 atom stereocenters. The van der Waals surface area contributed by atoms with E-state index >= 15 is 0 Å². The molecule has 2 aliphatic rings. The van der Waals surface area contributed by atoms with Crippen LogP contribution in [0.3, 0.4) is 0 Å². The largest absolute Gasteiger partial charge is 0.389 e. The van der Waals surface area contributed by atoms with Crippen molar-refractivity contribution < 1.29 is 33.0 Å². The molecule has 7 N–H and O–H groups in total. The summed E-state index contributed by atoms with van der Waals surface area (Å²) in [4.78, 5) is 8.20. The van der Waals surface area contributed by atoms with E-state index in [1.165, 1.54) is 22.8 Å². The van der Waals surface area contributed by atoms with Gasteiger partial charge in [0, 0.05) is 12.3 Å². The minimum Gasteiger partial charge on any atom is -0.389 e. The number of nitrogen functional groups attached to an aromatic ring is 1. The number of nitrogens with one attached hydrogen (secondary N) is 1. The van der Waals surface area contributed by atoms with Crippen LogP contribution in [0.2, 0.25) is 0 Å². The van der Waals surface area contributed by atoms with Gasteiger partial charge < -0.3 is 25.8 Å². The van der Waals surface area contributed by atoms with Crippen molar-refractivity contribution in [3.05, 3.63) is 6.33 Å². The van der Waals surface area contributed by atoms with Crippen molar-refractivity contribution in [2.75, 3.05) is 18.0 Å². The number of hydrogen-bond donors (Lipinski definition) is 6. The van der Waals surface area contributed by atoms with E-state index in [0.29, 0.717) is 29.0 Å². The average molecular weight is 491 g/mol. The Hall–Kier alpha value is -1.59. The van der Waals surface area contributed by atoms with Crippen molar-refractivity contribution in [2.45, 2.75) is 67.3 Å². The summed E-state index contributed by atoms with van der Waals surface area (Å²) in [6, 6.07) is 0. The van der Waals surface area contributed by atoms with Gasteiger partial charge >= 0.3 is 10.3 Å². The minimum atomic E-state index is -4.50. The second-order valence-electron chi connectivity index (χ2n) is 8.15. The number of hydrogen-bond acceptors (Lipinski definition) is 11. The van der Waals surface area contributed by atoms with E-state index < -0.39 is 47.0 Å². The van der Waals surface area contributed by atoms with Gasteiger partial charge in [-0.25, -0.2) is 14.6 Å². The maximum Gasteiger partial charge on any atom is 0.333 e. The number of aromatic nitrogens is 4. The summed E-state index contributed by atoms with van der Waals surface area (Å²) in [5.74, 6) is 0.558. The van der Waals surface area contributed by atoms with Crippen molar-refractivity contribution >= 4 is 38.9 Å². The van der Waals surface area contributed by atoms with Gasteiger partial charge in [0.05, 0.1) is 11.0 Å². The van der Waals surface area contributed by atoms with Gasteiger partial charge in [-0.2, -0.15) is 18.2 Å². The van der Waals surface area contributed by atoms with Gasteiger partial charge in [0.1, 0.15) is 35.5 Å². The maximum absolute atomic E-state index is 10.9. The van der Waals surface area contributed by atoms with E-state index in [2.05, 4.69) is 15.1 Å². The van der Waals surface area contributed by atoms with Crippen molar-refractivity contribution in [1.82, 2.24) is 24.5 Å². The molecular formula is C17H26N6O7S2. The van der Waals surface area contributed by atoms with Crippen molar-refractivity contribution in [3.63, 3.8) is 0 Å². The van der Waals surface area contributed by atoms with E-state index in [9.17, 15) is 23.7 Å². The SMILES string of the molecule is Nc1ncnc2c1c(SCC1(O)CCCCC1)nn2[C@@H]1O[C@H](CNS(=O)(=O)O)[C@@H](O)[C@H]1O. The Kier molecular flexibility index (Phi) is 6.61. The Bertz CT molecular complexity index is 1070. The van der Waals surface area contributed by atoms with E-state index in [-0.39, 0.29) is 11.5 Å². The summed E-state index contributed by atoms with van der Waals surface area (Å²) in [6.07, 6.45) is 0.387. The highest BCUT2D eigenvalue weighted by atomic mass is 32.2. The molecule has 13 nitrogen and oxygen atoms in total. The molecule has 1 saturated carbocycles. The number of nitrogens with two attached hydrogens (primary N) is 1. The van der Waals surface area contributed by atoms with E-state index in [1.807, 2.05) is 4.72 Å². The quantitative estimate of drug-likeness (QED) is 0.208. The highest BCUT2D eigenvalue weighted by Crippen LogP contribution is 2.38. The average Bonchev–Trinajstić information content (AvgIpc) is 3.24. The first-order chi connectivity index (χ1) is 15.1. The number of aliphatic hydroxyl groups is 3. The van der Waals surface area contributed by atoms with Crippen LogP contribution >= 0.6 is 11.8 Å². The predicted octanol–water partition coefficient (Wildman–Crippen LogP) is -0.793. The summed E-state index contributed by atoms with van der Waals surface area (Å²) < 4.78 is 39.5. The molecule has 3 heterocycles. The molecule has 4 rings (SSSR count). The summed E-state index contributed by atoms with van der Waals surface area (Å²) >= 11 is 1.30. The summed E-state index contributed by atoms with van der Waals surface area (Å²) in [5, 5.41) is 37.0. The van der Waals surface area contributed by atoms with Gasteiger partial charge in [0.2, 0.25) is 0 Å². The van der Waals surface area contributed by atoms with Crippen LogP contribution in [0.4, 0.5) is 5.82 Å². The maximum atomic E-state index is 10.9. The molecular weight excluding hydrogens is 464 g/mol. The van der Waals surface area contributed by atoms with Crippen LogP contribution in [0.5, 0.6) is 0 Å². The van der Waals surface area contributed by atoms with Crippen molar-refractivity contribution in [2.24, 2.45) is 0 Å². The highest BCUT2D eigenvalue weighted by molar-refractivity contribution is 7.99. The van der Waals surface area contributed by atoms with Gasteiger partial charge in [-0.3, -0.25) is 4.55 Å². The first kappa shape index (κ1) is 23.6. The molecule has 2 aromatic heterocycles. The molecule has 15 heteroatoms. The molecule has 1 aliphatic heterocycles. The fourth-order valence-corrected chi connectivity index (χ4v) is 5.64.